The molecule has 0 aliphatic heterocycles. The third kappa shape index (κ3) is 4.30. The molecule has 0 saturated carbocycles. The molecule has 0 aliphatic carbocycles. The van der Waals surface area contributed by atoms with Gasteiger partial charge in [0.25, 0.3) is 0 Å². The quantitative estimate of drug-likeness (QED) is 0.601. The first-order valence-corrected chi connectivity index (χ1v) is 8.38. The minimum atomic E-state index is -4.46. The Morgan fingerprint density at radius 3 is 2.29 bits per heavy atom. The number of fused-ring (bicyclic) bond motifs is 1. The Kier molecular flexibility index (Phi) is 6.88. The average Bonchev–Trinajstić information content (AvgIpc) is 2.37. The summed E-state index contributed by atoms with van der Waals surface area (Å²) in [5.74, 6) is 0. The molecule has 0 radical (unpaired) electrons. The summed E-state index contributed by atoms with van der Waals surface area (Å²) in [5, 5.41) is 1.44. The first-order chi connectivity index (χ1) is 9.47. The SMILES string of the molecule is CCCc1cc(S(=O)(=O)[O-])c2c(CCC)cccc2c1.[Na+]. The van der Waals surface area contributed by atoms with Crippen molar-refractivity contribution < 1.29 is 42.5 Å². The van der Waals surface area contributed by atoms with Crippen LogP contribution in [0.5, 0.6) is 0 Å². The summed E-state index contributed by atoms with van der Waals surface area (Å²) >= 11 is 0. The van der Waals surface area contributed by atoms with Gasteiger partial charge in [-0.3, -0.25) is 0 Å². The number of hydrogen-bond donors (Lipinski definition) is 0. The molecular formula is C16H19NaO3S. The summed E-state index contributed by atoms with van der Waals surface area (Å²) in [6.07, 6.45) is 3.37. The number of hydrogen-bond acceptors (Lipinski definition) is 3. The summed E-state index contributed by atoms with van der Waals surface area (Å²) in [4.78, 5) is -0.0671. The normalized spacial score (nSPS) is 11.4. The summed E-state index contributed by atoms with van der Waals surface area (Å²) in [6, 6.07) is 9.24. The van der Waals surface area contributed by atoms with Crippen LogP contribution in [0.25, 0.3) is 10.8 Å². The van der Waals surface area contributed by atoms with Crippen molar-refractivity contribution in [3.8, 4) is 0 Å². The summed E-state index contributed by atoms with van der Waals surface area (Å²) in [7, 11) is -4.46. The van der Waals surface area contributed by atoms with E-state index in [0.717, 1.165) is 42.2 Å². The van der Waals surface area contributed by atoms with Crippen LogP contribution in [0.1, 0.15) is 37.8 Å². The molecule has 0 aliphatic rings. The fraction of sp³-hybridized carbons (Fsp3) is 0.375. The van der Waals surface area contributed by atoms with E-state index in [9.17, 15) is 13.0 Å². The van der Waals surface area contributed by atoms with Gasteiger partial charge in [-0.25, -0.2) is 8.42 Å². The van der Waals surface area contributed by atoms with E-state index in [2.05, 4.69) is 0 Å². The number of aryl methyl sites for hydroxylation is 2. The first-order valence-electron chi connectivity index (χ1n) is 6.97. The van der Waals surface area contributed by atoms with Crippen LogP contribution in [-0.4, -0.2) is 13.0 Å². The maximum Gasteiger partial charge on any atom is 1.00 e. The second kappa shape index (κ2) is 7.75. The summed E-state index contributed by atoms with van der Waals surface area (Å²) in [6.45, 7) is 4.07. The van der Waals surface area contributed by atoms with Gasteiger partial charge >= 0.3 is 29.6 Å². The van der Waals surface area contributed by atoms with Gasteiger partial charge in [0.1, 0.15) is 10.1 Å². The maximum atomic E-state index is 11.6. The Bertz CT molecular complexity index is 724. The van der Waals surface area contributed by atoms with Crippen molar-refractivity contribution in [2.45, 2.75) is 44.4 Å². The molecule has 0 N–H and O–H groups in total. The van der Waals surface area contributed by atoms with Gasteiger partial charge in [-0.2, -0.15) is 0 Å². The molecule has 0 saturated heterocycles. The zero-order valence-electron chi connectivity index (χ0n) is 12.8. The van der Waals surface area contributed by atoms with Crippen molar-refractivity contribution in [1.29, 1.82) is 0 Å². The molecule has 2 rings (SSSR count). The molecular weight excluding hydrogens is 295 g/mol. The maximum absolute atomic E-state index is 11.6. The Labute approximate surface area is 148 Å². The van der Waals surface area contributed by atoms with Crippen molar-refractivity contribution in [2.24, 2.45) is 0 Å². The monoisotopic (exact) mass is 314 g/mol. The van der Waals surface area contributed by atoms with Crippen molar-refractivity contribution in [3.63, 3.8) is 0 Å². The van der Waals surface area contributed by atoms with E-state index in [0.29, 0.717) is 5.39 Å². The van der Waals surface area contributed by atoms with E-state index in [1.165, 1.54) is 0 Å². The standard InChI is InChI=1S/C16H20O3S.Na/c1-3-6-12-10-14-9-5-8-13(7-4-2)16(14)15(11-12)20(17,18)19;/h5,8-11H,3-4,6-7H2,1-2H3,(H,17,18,19);/q;+1/p-1. The summed E-state index contributed by atoms with van der Waals surface area (Å²) in [5.41, 5.74) is 1.84. The van der Waals surface area contributed by atoms with Gasteiger partial charge in [-0.05, 0) is 35.4 Å². The second-order valence-corrected chi connectivity index (χ2v) is 6.41. The van der Waals surface area contributed by atoms with Gasteiger partial charge < -0.3 is 4.55 Å². The van der Waals surface area contributed by atoms with Gasteiger partial charge in [0.15, 0.2) is 0 Å². The fourth-order valence-electron chi connectivity index (χ4n) is 2.63. The Morgan fingerprint density at radius 2 is 1.71 bits per heavy atom. The fourth-order valence-corrected chi connectivity index (χ4v) is 3.43. The predicted octanol–water partition coefficient (Wildman–Crippen LogP) is 0.653. The Hall–Kier alpha value is -0.390. The molecule has 2 aromatic rings. The average molecular weight is 314 g/mol. The zero-order chi connectivity index (χ0) is 14.8. The molecule has 5 heteroatoms. The molecule has 3 nitrogen and oxygen atoms in total. The van der Waals surface area contributed by atoms with Gasteiger partial charge in [0.05, 0.1) is 4.90 Å². The predicted molar refractivity (Wildman–Crippen MR) is 79.9 cm³/mol. The van der Waals surface area contributed by atoms with Gasteiger partial charge in [0.2, 0.25) is 0 Å². The van der Waals surface area contributed by atoms with Crippen LogP contribution >= 0.6 is 0 Å². The van der Waals surface area contributed by atoms with Crippen LogP contribution in [-0.2, 0) is 23.0 Å². The van der Waals surface area contributed by atoms with Crippen LogP contribution in [0.15, 0.2) is 35.2 Å². The van der Waals surface area contributed by atoms with Gasteiger partial charge in [-0.15, -0.1) is 0 Å². The Morgan fingerprint density at radius 1 is 1.05 bits per heavy atom. The van der Waals surface area contributed by atoms with E-state index in [1.54, 1.807) is 6.07 Å². The minimum Gasteiger partial charge on any atom is -0.744 e. The second-order valence-electron chi connectivity index (χ2n) is 5.06. The van der Waals surface area contributed by atoms with E-state index < -0.39 is 10.1 Å². The van der Waals surface area contributed by atoms with E-state index in [4.69, 9.17) is 0 Å². The third-order valence-electron chi connectivity index (χ3n) is 3.41. The van der Waals surface area contributed by atoms with E-state index >= 15 is 0 Å². The molecule has 108 valence electrons. The molecule has 0 fully saturated rings. The van der Waals surface area contributed by atoms with Crippen LogP contribution in [0.4, 0.5) is 0 Å². The van der Waals surface area contributed by atoms with Crippen LogP contribution in [0.2, 0.25) is 0 Å². The minimum absolute atomic E-state index is 0. The number of benzene rings is 2. The zero-order valence-corrected chi connectivity index (χ0v) is 15.7. The molecule has 0 heterocycles. The van der Waals surface area contributed by atoms with E-state index in [1.807, 2.05) is 38.1 Å². The van der Waals surface area contributed by atoms with Gasteiger partial charge in [0, 0.05) is 5.39 Å². The van der Waals surface area contributed by atoms with Gasteiger partial charge in [-0.1, -0.05) is 51.0 Å². The van der Waals surface area contributed by atoms with Crippen molar-refractivity contribution in [3.05, 3.63) is 41.5 Å². The molecule has 0 bridgehead atoms. The molecule has 21 heavy (non-hydrogen) atoms. The smallest absolute Gasteiger partial charge is 0.744 e. The van der Waals surface area contributed by atoms with Crippen LogP contribution in [0, 0.1) is 0 Å². The Balaban J connectivity index is 0.00000220. The number of rotatable bonds is 5. The molecule has 0 spiro atoms. The van der Waals surface area contributed by atoms with Crippen molar-refractivity contribution >= 4 is 20.9 Å². The molecule has 2 aromatic carbocycles. The van der Waals surface area contributed by atoms with Crippen LogP contribution in [0.3, 0.4) is 0 Å². The molecule has 0 atom stereocenters. The van der Waals surface area contributed by atoms with Crippen LogP contribution < -0.4 is 29.6 Å². The largest absolute Gasteiger partial charge is 1.00 e. The molecule has 0 amide bonds. The molecule has 0 unspecified atom stereocenters. The first kappa shape index (κ1) is 18.7. The molecule has 0 aromatic heterocycles. The van der Waals surface area contributed by atoms with E-state index in [-0.39, 0.29) is 34.5 Å². The topological polar surface area (TPSA) is 57.2 Å². The van der Waals surface area contributed by atoms with Crippen molar-refractivity contribution in [2.75, 3.05) is 0 Å². The third-order valence-corrected chi connectivity index (χ3v) is 4.27. The van der Waals surface area contributed by atoms with Crippen molar-refractivity contribution in [1.82, 2.24) is 0 Å². The summed E-state index contributed by atoms with van der Waals surface area (Å²) < 4.78 is 34.8.